The van der Waals surface area contributed by atoms with Crippen LogP contribution in [0.3, 0.4) is 0 Å². The Morgan fingerprint density at radius 3 is 2.72 bits per heavy atom. The van der Waals surface area contributed by atoms with E-state index in [-0.39, 0.29) is 5.69 Å². The zero-order chi connectivity index (χ0) is 25.1. The molecule has 0 radical (unpaired) electrons. The van der Waals surface area contributed by atoms with Crippen LogP contribution in [0.2, 0.25) is 0 Å². The molecule has 0 atom stereocenters. The highest BCUT2D eigenvalue weighted by Crippen LogP contribution is 2.42. The third-order valence-corrected chi connectivity index (χ3v) is 7.89. The summed E-state index contributed by atoms with van der Waals surface area (Å²) in [5, 5.41) is 10.1. The number of fused-ring (bicyclic) bond motifs is 1. The van der Waals surface area contributed by atoms with Crippen LogP contribution < -0.4 is 0 Å². The van der Waals surface area contributed by atoms with Crippen molar-refractivity contribution in [2.24, 2.45) is 0 Å². The van der Waals surface area contributed by atoms with Gasteiger partial charge in [0.2, 0.25) is 0 Å². The first-order valence-electron chi connectivity index (χ1n) is 12.1. The molecule has 1 aromatic carbocycles. The molecule has 1 saturated heterocycles. The number of hydrogen-bond acceptors (Lipinski definition) is 7. The lowest BCUT2D eigenvalue weighted by molar-refractivity contribution is -0.385. The lowest BCUT2D eigenvalue weighted by Crippen LogP contribution is -2.35. The van der Waals surface area contributed by atoms with Gasteiger partial charge in [-0.1, -0.05) is 6.42 Å². The third-order valence-electron chi connectivity index (χ3n) is 6.71. The number of nitrogens with zero attached hydrogens (tertiary/aromatic N) is 4. The Morgan fingerprint density at radius 2 is 2.03 bits per heavy atom. The minimum Gasteiger partial charge on any atom is -0.379 e. The van der Waals surface area contributed by atoms with Crippen molar-refractivity contribution in [2.45, 2.75) is 38.6 Å². The van der Waals surface area contributed by atoms with E-state index in [0.29, 0.717) is 5.56 Å². The first-order valence-corrected chi connectivity index (χ1v) is 12.9. The number of imidazole rings is 1. The predicted octanol–water partition coefficient (Wildman–Crippen LogP) is 5.83. The number of halogens is 1. The number of hydrogen-bond donors (Lipinski definition) is 1. The molecule has 2 aliphatic rings. The van der Waals surface area contributed by atoms with Crippen molar-refractivity contribution in [2.75, 3.05) is 26.3 Å². The molecule has 2 fully saturated rings. The standard InChI is InChI=1S/C19H22N4OS.C7H6FNO2/c1-2-13(3-1)15-4-5-20-16-10-17(25-18(15)16)19-21-11-14(22-19)12-23-6-8-24-9-7-23;1-5-2-3-6(9(10)11)4-7(5)8/h4-5,10-11,13H,1-3,6-9,12H2,(H,21,22);2-4H,1H3. The summed E-state index contributed by atoms with van der Waals surface area (Å²) in [4.78, 5) is 25.8. The number of aromatic amines is 1. The minimum atomic E-state index is -0.622. The number of non-ortho nitro benzene ring substituents is 1. The van der Waals surface area contributed by atoms with Gasteiger partial charge in [-0.05, 0) is 55.0 Å². The van der Waals surface area contributed by atoms with E-state index in [1.54, 1.807) is 6.92 Å². The summed E-state index contributed by atoms with van der Waals surface area (Å²) in [6.07, 6.45) is 7.91. The molecule has 188 valence electrons. The highest BCUT2D eigenvalue weighted by Gasteiger charge is 2.23. The molecule has 0 bridgehead atoms. The predicted molar refractivity (Wildman–Crippen MR) is 138 cm³/mol. The van der Waals surface area contributed by atoms with Crippen LogP contribution in [0.25, 0.3) is 20.9 Å². The van der Waals surface area contributed by atoms with E-state index in [9.17, 15) is 14.5 Å². The first kappa shape index (κ1) is 24.5. The second-order valence-corrected chi connectivity index (χ2v) is 10.2. The average Bonchev–Trinajstić information content (AvgIpc) is 3.48. The molecule has 1 N–H and O–H groups in total. The summed E-state index contributed by atoms with van der Waals surface area (Å²) in [6.45, 7) is 6.10. The number of nitrogens with one attached hydrogen (secondary N) is 1. The van der Waals surface area contributed by atoms with Gasteiger partial charge >= 0.3 is 0 Å². The van der Waals surface area contributed by atoms with Crippen molar-refractivity contribution >= 4 is 27.2 Å². The van der Waals surface area contributed by atoms with Gasteiger partial charge in [-0.2, -0.15) is 0 Å². The molecule has 3 aromatic heterocycles. The molecular weight excluding hydrogens is 481 g/mol. The molecule has 0 unspecified atom stereocenters. The fourth-order valence-electron chi connectivity index (χ4n) is 4.38. The number of aryl methyl sites for hydroxylation is 1. The Balaban J connectivity index is 0.000000205. The quantitative estimate of drug-likeness (QED) is 0.269. The molecule has 4 aromatic rings. The second-order valence-electron chi connectivity index (χ2n) is 9.19. The van der Waals surface area contributed by atoms with Crippen molar-refractivity contribution in [1.29, 1.82) is 0 Å². The number of morpholine rings is 1. The van der Waals surface area contributed by atoms with Crippen molar-refractivity contribution in [3.8, 4) is 10.7 Å². The Morgan fingerprint density at radius 1 is 1.22 bits per heavy atom. The van der Waals surface area contributed by atoms with Crippen LogP contribution >= 0.6 is 11.3 Å². The van der Waals surface area contributed by atoms with Gasteiger partial charge in [0.15, 0.2) is 0 Å². The van der Waals surface area contributed by atoms with Gasteiger partial charge in [-0.15, -0.1) is 11.3 Å². The number of aromatic nitrogens is 3. The smallest absolute Gasteiger partial charge is 0.272 e. The number of ether oxygens (including phenoxy) is 1. The summed E-state index contributed by atoms with van der Waals surface area (Å²) >= 11 is 1.82. The SMILES string of the molecule is Cc1ccc([N+](=O)[O-])cc1F.c1cc(C2CCC2)c2sc(-c3ncc(CN4CCOCC4)[nH]3)cc2n1. The van der Waals surface area contributed by atoms with E-state index in [1.165, 1.54) is 52.2 Å². The van der Waals surface area contributed by atoms with Gasteiger partial charge in [0.25, 0.3) is 5.69 Å². The molecule has 1 aliphatic carbocycles. The van der Waals surface area contributed by atoms with E-state index >= 15 is 0 Å². The minimum absolute atomic E-state index is 0.215. The zero-order valence-corrected chi connectivity index (χ0v) is 20.9. The number of thiophene rings is 1. The average molecular weight is 510 g/mol. The number of benzene rings is 1. The molecule has 8 nitrogen and oxygen atoms in total. The summed E-state index contributed by atoms with van der Waals surface area (Å²) in [7, 11) is 0. The maximum Gasteiger partial charge on any atom is 0.272 e. The van der Waals surface area contributed by atoms with E-state index in [4.69, 9.17) is 4.74 Å². The number of rotatable bonds is 5. The van der Waals surface area contributed by atoms with Crippen LogP contribution in [-0.2, 0) is 11.3 Å². The number of H-pyrrole nitrogens is 1. The van der Waals surface area contributed by atoms with Crippen LogP contribution in [0, 0.1) is 22.9 Å². The molecule has 1 aliphatic heterocycles. The number of nitro groups is 1. The highest BCUT2D eigenvalue weighted by molar-refractivity contribution is 7.22. The topological polar surface area (TPSA) is 97.2 Å². The normalized spacial score (nSPS) is 16.4. The Bertz CT molecular complexity index is 1360. The van der Waals surface area contributed by atoms with Gasteiger partial charge in [-0.25, -0.2) is 9.37 Å². The van der Waals surface area contributed by atoms with Crippen molar-refractivity contribution in [3.05, 3.63) is 75.5 Å². The lowest BCUT2D eigenvalue weighted by Gasteiger charge is -2.25. The second kappa shape index (κ2) is 10.8. The van der Waals surface area contributed by atoms with Gasteiger partial charge in [0, 0.05) is 43.8 Å². The van der Waals surface area contributed by atoms with E-state index < -0.39 is 10.7 Å². The third kappa shape index (κ3) is 5.45. The van der Waals surface area contributed by atoms with Crippen LogP contribution in [-0.4, -0.2) is 51.1 Å². The Labute approximate surface area is 212 Å². The summed E-state index contributed by atoms with van der Waals surface area (Å²) < 4.78 is 19.4. The molecular formula is C26H28FN5O3S. The molecule has 1 saturated carbocycles. The van der Waals surface area contributed by atoms with Gasteiger partial charge in [0.1, 0.15) is 11.6 Å². The van der Waals surface area contributed by atoms with Crippen LogP contribution in [0.5, 0.6) is 0 Å². The van der Waals surface area contributed by atoms with E-state index in [2.05, 4.69) is 32.0 Å². The molecule has 0 spiro atoms. The first-order chi connectivity index (χ1) is 17.5. The van der Waals surface area contributed by atoms with Gasteiger partial charge in [-0.3, -0.25) is 20.0 Å². The zero-order valence-electron chi connectivity index (χ0n) is 20.1. The van der Waals surface area contributed by atoms with E-state index in [1.807, 2.05) is 23.7 Å². The van der Waals surface area contributed by atoms with Crippen LogP contribution in [0.15, 0.2) is 42.7 Å². The maximum absolute atomic E-state index is 12.6. The Hall–Kier alpha value is -3.21. The fraction of sp³-hybridized carbons (Fsp3) is 0.385. The van der Waals surface area contributed by atoms with Crippen molar-refractivity contribution in [3.63, 3.8) is 0 Å². The van der Waals surface area contributed by atoms with Crippen LogP contribution in [0.1, 0.15) is 42.0 Å². The Kier molecular flexibility index (Phi) is 7.35. The van der Waals surface area contributed by atoms with Crippen molar-refractivity contribution < 1.29 is 14.1 Å². The molecule has 6 rings (SSSR count). The van der Waals surface area contributed by atoms with Gasteiger partial charge < -0.3 is 9.72 Å². The lowest BCUT2D eigenvalue weighted by atomic mass is 9.80. The molecule has 4 heterocycles. The largest absolute Gasteiger partial charge is 0.379 e. The highest BCUT2D eigenvalue weighted by atomic mass is 32.1. The molecule has 36 heavy (non-hydrogen) atoms. The summed E-state index contributed by atoms with van der Waals surface area (Å²) in [6, 6.07) is 7.96. The van der Waals surface area contributed by atoms with E-state index in [0.717, 1.165) is 56.2 Å². The monoisotopic (exact) mass is 509 g/mol. The van der Waals surface area contributed by atoms with Gasteiger partial charge in [0.05, 0.1) is 39.3 Å². The summed E-state index contributed by atoms with van der Waals surface area (Å²) in [5.74, 6) is 1.15. The molecule has 10 heteroatoms. The van der Waals surface area contributed by atoms with Crippen molar-refractivity contribution in [1.82, 2.24) is 19.9 Å². The summed E-state index contributed by atoms with van der Waals surface area (Å²) in [5.41, 5.74) is 3.95. The maximum atomic E-state index is 12.6. The van der Waals surface area contributed by atoms with Crippen LogP contribution in [0.4, 0.5) is 10.1 Å². The number of pyridine rings is 1. The molecule has 0 amide bonds. The fourth-order valence-corrected chi connectivity index (χ4v) is 5.53. The number of nitro benzene ring substituents is 1.